The Hall–Kier alpha value is -2.76. The van der Waals surface area contributed by atoms with Gasteiger partial charge in [0, 0.05) is 27.9 Å². The number of H-pyrrole nitrogens is 1. The highest BCUT2D eigenvalue weighted by Gasteiger charge is 2.70. The molecule has 1 aromatic heterocycles. The molecule has 232 valence electrons. The van der Waals surface area contributed by atoms with E-state index in [2.05, 4.69) is 70.8 Å². The second-order valence-corrected chi connectivity index (χ2v) is 17.3. The van der Waals surface area contributed by atoms with E-state index < -0.39 is 11.4 Å². The number of allylic oxidation sites excluding steroid dienone is 2. The maximum atomic E-state index is 13.3. The largest absolute Gasteiger partial charge is 0.481 e. The fourth-order valence-electron chi connectivity index (χ4n) is 12.2. The lowest BCUT2D eigenvalue weighted by molar-refractivity contribution is -0.175. The number of rotatable bonds is 2. The second-order valence-electron chi connectivity index (χ2n) is 17.3. The Morgan fingerprint density at radius 2 is 1.65 bits per heavy atom. The lowest BCUT2D eigenvalue weighted by Crippen LogP contribution is -2.65. The van der Waals surface area contributed by atoms with Crippen LogP contribution in [0, 0.1) is 44.8 Å². The van der Waals surface area contributed by atoms with Crippen LogP contribution in [0.4, 0.5) is 11.5 Å². The Labute approximate surface area is 257 Å². The number of aromatic amines is 1. The van der Waals surface area contributed by atoms with Crippen LogP contribution in [0.2, 0.25) is 0 Å². The lowest BCUT2D eigenvalue weighted by atomic mass is 9.32. The molecule has 1 aromatic carbocycles. The fraction of sp³-hybridized carbons (Fsp3) is 0.676. The van der Waals surface area contributed by atoms with Gasteiger partial charge >= 0.3 is 5.97 Å². The van der Waals surface area contributed by atoms with Crippen molar-refractivity contribution >= 4 is 23.0 Å². The van der Waals surface area contributed by atoms with Crippen molar-refractivity contribution in [2.45, 2.75) is 112 Å². The van der Waals surface area contributed by atoms with Gasteiger partial charge in [-0.25, -0.2) is 0 Å². The summed E-state index contributed by atoms with van der Waals surface area (Å²) in [6, 6.07) is 8.36. The number of nitrogens with zero attached hydrogens (tertiary/aromatic N) is 1. The molecule has 5 aliphatic rings. The van der Waals surface area contributed by atoms with Gasteiger partial charge in [-0.1, -0.05) is 72.2 Å². The summed E-state index contributed by atoms with van der Waals surface area (Å²) in [4.78, 5) is 13.3. The molecule has 6 N–H and O–H groups in total. The van der Waals surface area contributed by atoms with E-state index >= 15 is 0 Å². The molecule has 3 saturated carbocycles. The molecule has 7 atom stereocenters. The number of carbonyl (C=O) groups is 1. The summed E-state index contributed by atoms with van der Waals surface area (Å²) >= 11 is 0. The molecular formula is C37H52N4O2. The minimum Gasteiger partial charge on any atom is -0.481 e. The second kappa shape index (κ2) is 8.69. The molecule has 2 aromatic rings. The van der Waals surface area contributed by atoms with E-state index in [0.29, 0.717) is 17.7 Å². The average Bonchev–Trinajstić information content (AvgIpc) is 3.29. The van der Waals surface area contributed by atoms with Gasteiger partial charge in [0.15, 0.2) is 0 Å². The van der Waals surface area contributed by atoms with Crippen LogP contribution in [0.25, 0.3) is 5.57 Å². The number of nitrogen functional groups attached to an aromatic ring is 2. The molecule has 1 heterocycles. The van der Waals surface area contributed by atoms with E-state index in [4.69, 9.17) is 11.5 Å². The van der Waals surface area contributed by atoms with Crippen LogP contribution in [0.3, 0.4) is 0 Å². The summed E-state index contributed by atoms with van der Waals surface area (Å²) < 4.78 is 0. The van der Waals surface area contributed by atoms with Crippen molar-refractivity contribution in [1.29, 1.82) is 0 Å². The molecule has 3 unspecified atom stereocenters. The van der Waals surface area contributed by atoms with Crippen LogP contribution in [0.15, 0.2) is 29.8 Å². The highest BCUT2D eigenvalue weighted by Crippen LogP contribution is 2.77. The van der Waals surface area contributed by atoms with E-state index in [1.807, 2.05) is 12.1 Å². The van der Waals surface area contributed by atoms with Gasteiger partial charge in [-0.05, 0) is 109 Å². The SMILES string of the molecule is CC1(C)CC[C@]2(C(=O)O)CC[C@]3(C)C(=C(c4ccccc4N)CC4[C@@]5(C)Cc6c(N)n[nH]c6C(C)(C)C5CC[C@]43C)C2C1. The number of aliphatic carboxylic acids is 1. The van der Waals surface area contributed by atoms with Crippen molar-refractivity contribution in [1.82, 2.24) is 10.2 Å². The smallest absolute Gasteiger partial charge is 0.310 e. The van der Waals surface area contributed by atoms with E-state index in [-0.39, 0.29) is 33.0 Å². The monoisotopic (exact) mass is 584 g/mol. The molecule has 5 aliphatic carbocycles. The summed E-state index contributed by atoms with van der Waals surface area (Å²) in [6.45, 7) is 17.1. The number of carboxylic acids is 1. The van der Waals surface area contributed by atoms with Gasteiger partial charge < -0.3 is 16.6 Å². The Balaban J connectivity index is 1.50. The molecule has 43 heavy (non-hydrogen) atoms. The summed E-state index contributed by atoms with van der Waals surface area (Å²) in [5, 5.41) is 18.8. The number of anilines is 2. The first-order valence-corrected chi connectivity index (χ1v) is 16.7. The quantitative estimate of drug-likeness (QED) is 0.267. The van der Waals surface area contributed by atoms with E-state index in [0.717, 1.165) is 69.0 Å². The number of carboxylic acid groups (broad SMARTS) is 1. The van der Waals surface area contributed by atoms with Crippen molar-refractivity contribution in [2.75, 3.05) is 11.5 Å². The predicted molar refractivity (Wildman–Crippen MR) is 173 cm³/mol. The van der Waals surface area contributed by atoms with Crippen molar-refractivity contribution in [3.05, 3.63) is 46.7 Å². The van der Waals surface area contributed by atoms with Crippen molar-refractivity contribution < 1.29 is 9.90 Å². The van der Waals surface area contributed by atoms with Crippen molar-refractivity contribution in [3.8, 4) is 0 Å². The predicted octanol–water partition coefficient (Wildman–Crippen LogP) is 8.00. The average molecular weight is 585 g/mol. The van der Waals surface area contributed by atoms with E-state index in [1.54, 1.807) is 0 Å². The normalized spacial score (nSPS) is 40.9. The molecule has 0 amide bonds. The summed E-state index contributed by atoms with van der Waals surface area (Å²) in [7, 11) is 0. The van der Waals surface area contributed by atoms with Crippen LogP contribution >= 0.6 is 0 Å². The molecule has 6 heteroatoms. The first-order valence-electron chi connectivity index (χ1n) is 16.7. The number of aromatic nitrogens is 2. The van der Waals surface area contributed by atoms with E-state index in [9.17, 15) is 9.90 Å². The first-order chi connectivity index (χ1) is 20.0. The minimum absolute atomic E-state index is 0.0119. The zero-order chi connectivity index (χ0) is 31.0. The van der Waals surface area contributed by atoms with Crippen LogP contribution in [0.5, 0.6) is 0 Å². The van der Waals surface area contributed by atoms with Gasteiger partial charge in [-0.15, -0.1) is 0 Å². The van der Waals surface area contributed by atoms with Gasteiger partial charge in [0.25, 0.3) is 0 Å². The molecule has 3 fully saturated rings. The zero-order valence-corrected chi connectivity index (χ0v) is 27.4. The highest BCUT2D eigenvalue weighted by molar-refractivity contribution is 5.83. The Morgan fingerprint density at radius 1 is 0.953 bits per heavy atom. The Kier molecular flexibility index (Phi) is 5.86. The number of benzene rings is 1. The molecule has 6 nitrogen and oxygen atoms in total. The standard InChI is InChI=1S/C37H52N4O2/c1-32(2)14-16-37(31(42)43)17-15-36(7)28(24(37)20-32)22(21-10-8-9-11-25(21)38)18-27-34(5)19-23-29(40-41-30(23)39)33(3,4)26(34)12-13-35(27,36)6/h8-11,24,26-27H,12-20,38H2,1-7H3,(H,42,43)(H3,39,40,41)/t24?,26?,27?,34-,35+,36+,37-/m0/s1. The van der Waals surface area contributed by atoms with Gasteiger partial charge in [0.05, 0.1) is 5.41 Å². The van der Waals surface area contributed by atoms with Crippen LogP contribution in [-0.4, -0.2) is 21.3 Å². The number of hydrogen-bond donors (Lipinski definition) is 4. The molecular weight excluding hydrogens is 532 g/mol. The summed E-state index contributed by atoms with van der Waals surface area (Å²) in [5.74, 6) is 0.958. The number of para-hydroxylation sites is 1. The first kappa shape index (κ1) is 29.0. The molecule has 0 aliphatic heterocycles. The molecule has 0 radical (unpaired) electrons. The molecule has 0 spiro atoms. The lowest BCUT2D eigenvalue weighted by Gasteiger charge is -2.71. The third-order valence-corrected chi connectivity index (χ3v) is 14.7. The van der Waals surface area contributed by atoms with Gasteiger partial charge in [-0.3, -0.25) is 9.89 Å². The van der Waals surface area contributed by atoms with Crippen LogP contribution in [-0.2, 0) is 16.6 Å². The van der Waals surface area contributed by atoms with Crippen LogP contribution < -0.4 is 11.5 Å². The number of nitrogens with two attached hydrogens (primary N) is 2. The van der Waals surface area contributed by atoms with E-state index in [1.165, 1.54) is 22.4 Å². The maximum Gasteiger partial charge on any atom is 0.310 e. The summed E-state index contributed by atoms with van der Waals surface area (Å²) in [5.41, 5.74) is 19.8. The summed E-state index contributed by atoms with van der Waals surface area (Å²) in [6.07, 6.45) is 8.47. The Morgan fingerprint density at radius 3 is 2.35 bits per heavy atom. The van der Waals surface area contributed by atoms with Gasteiger partial charge in [-0.2, -0.15) is 5.10 Å². The van der Waals surface area contributed by atoms with Gasteiger partial charge in [0.1, 0.15) is 5.82 Å². The number of fused-ring (bicyclic) bond motifs is 8. The number of hydrogen-bond acceptors (Lipinski definition) is 4. The Bertz CT molecular complexity index is 1550. The third-order valence-electron chi connectivity index (χ3n) is 14.7. The molecule has 7 rings (SSSR count). The minimum atomic E-state index is -0.698. The third kappa shape index (κ3) is 3.53. The fourth-order valence-corrected chi connectivity index (χ4v) is 12.2. The topological polar surface area (TPSA) is 118 Å². The maximum absolute atomic E-state index is 13.3. The van der Waals surface area contributed by atoms with Gasteiger partial charge in [0.2, 0.25) is 0 Å². The zero-order valence-electron chi connectivity index (χ0n) is 27.4. The molecule has 0 saturated heterocycles. The molecule has 0 bridgehead atoms. The number of nitrogens with one attached hydrogen (secondary N) is 1. The van der Waals surface area contributed by atoms with Crippen LogP contribution in [0.1, 0.15) is 117 Å². The van der Waals surface area contributed by atoms with Crippen molar-refractivity contribution in [2.24, 2.45) is 44.8 Å². The highest BCUT2D eigenvalue weighted by atomic mass is 16.4. The van der Waals surface area contributed by atoms with Crippen molar-refractivity contribution in [3.63, 3.8) is 0 Å².